The molecule has 0 saturated carbocycles. The minimum atomic E-state index is -0.689. The fraction of sp³-hybridized carbons (Fsp3) is 0.750. The van der Waals surface area contributed by atoms with Gasteiger partial charge in [0.05, 0.1) is 13.2 Å². The third-order valence-electron chi connectivity index (χ3n) is 3.30. The molecule has 0 bridgehead atoms. The van der Waals surface area contributed by atoms with Crippen molar-refractivity contribution in [2.45, 2.75) is 25.9 Å². The Morgan fingerprint density at radius 1 is 1.50 bits per heavy atom. The average Bonchev–Trinajstić information content (AvgIpc) is 2.86. The maximum absolute atomic E-state index is 11.9. The van der Waals surface area contributed by atoms with E-state index in [-0.39, 0.29) is 5.91 Å². The number of nitrogens with one attached hydrogen (secondary N) is 2. The van der Waals surface area contributed by atoms with Crippen LogP contribution in [-0.4, -0.2) is 55.0 Å². The molecule has 2 N–H and O–H groups in total. The highest BCUT2D eigenvalue weighted by atomic mass is 16.5. The van der Waals surface area contributed by atoms with E-state index in [9.17, 15) is 4.79 Å². The van der Waals surface area contributed by atoms with Crippen LogP contribution in [0.1, 0.15) is 19.7 Å². The largest absolute Gasteiger partial charge is 0.407 e. The Bertz CT molecular complexity index is 460. The van der Waals surface area contributed by atoms with Crippen LogP contribution in [-0.2, 0) is 16.1 Å². The number of ether oxygens (including phenoxy) is 1. The van der Waals surface area contributed by atoms with E-state index in [0.717, 1.165) is 0 Å². The number of hydrogen-bond acceptors (Lipinski definition) is 7. The summed E-state index contributed by atoms with van der Waals surface area (Å²) in [6, 6.07) is 0.383. The SMILES string of the molecule is COCCNCc1nnc(N2CCNC(=O)C2(C)C)o1. The predicted molar refractivity (Wildman–Crippen MR) is 72.3 cm³/mol. The van der Waals surface area contributed by atoms with E-state index in [2.05, 4.69) is 20.8 Å². The van der Waals surface area contributed by atoms with Crippen LogP contribution in [0, 0.1) is 0 Å². The molecule has 20 heavy (non-hydrogen) atoms. The lowest BCUT2D eigenvalue weighted by Gasteiger charge is -2.39. The van der Waals surface area contributed by atoms with Gasteiger partial charge in [-0.25, -0.2) is 0 Å². The fourth-order valence-electron chi connectivity index (χ4n) is 2.03. The first-order valence-electron chi connectivity index (χ1n) is 6.63. The first-order chi connectivity index (χ1) is 9.55. The summed E-state index contributed by atoms with van der Waals surface area (Å²) in [6.45, 7) is 6.72. The van der Waals surface area contributed by atoms with Crippen molar-refractivity contribution in [1.82, 2.24) is 20.8 Å². The van der Waals surface area contributed by atoms with E-state index < -0.39 is 5.54 Å². The van der Waals surface area contributed by atoms with Crippen molar-refractivity contribution in [2.24, 2.45) is 0 Å². The summed E-state index contributed by atoms with van der Waals surface area (Å²) in [6.07, 6.45) is 0. The summed E-state index contributed by atoms with van der Waals surface area (Å²) in [7, 11) is 1.65. The molecule has 0 radical (unpaired) electrons. The van der Waals surface area contributed by atoms with Gasteiger partial charge in [0, 0.05) is 26.7 Å². The van der Waals surface area contributed by atoms with Crippen molar-refractivity contribution in [3.8, 4) is 0 Å². The van der Waals surface area contributed by atoms with Crippen molar-refractivity contribution in [1.29, 1.82) is 0 Å². The number of hydrogen-bond donors (Lipinski definition) is 2. The first-order valence-corrected chi connectivity index (χ1v) is 6.63. The zero-order valence-electron chi connectivity index (χ0n) is 12.1. The van der Waals surface area contributed by atoms with Crippen LogP contribution in [0.2, 0.25) is 0 Å². The smallest absolute Gasteiger partial charge is 0.319 e. The van der Waals surface area contributed by atoms with Gasteiger partial charge < -0.3 is 24.7 Å². The van der Waals surface area contributed by atoms with E-state index in [0.29, 0.717) is 44.7 Å². The van der Waals surface area contributed by atoms with Gasteiger partial charge in [-0.1, -0.05) is 5.10 Å². The van der Waals surface area contributed by atoms with Gasteiger partial charge in [-0.05, 0) is 13.8 Å². The van der Waals surface area contributed by atoms with Gasteiger partial charge in [-0.3, -0.25) is 4.79 Å². The number of amides is 1. The average molecular weight is 283 g/mol. The summed E-state index contributed by atoms with van der Waals surface area (Å²) < 4.78 is 10.5. The predicted octanol–water partition coefficient (Wildman–Crippen LogP) is -0.480. The molecule has 1 fully saturated rings. The molecule has 0 aromatic carbocycles. The highest BCUT2D eigenvalue weighted by Crippen LogP contribution is 2.24. The number of piperazine rings is 1. The monoisotopic (exact) mass is 283 g/mol. The lowest BCUT2D eigenvalue weighted by Crippen LogP contribution is -2.62. The molecule has 0 atom stereocenters. The van der Waals surface area contributed by atoms with Crippen LogP contribution in [0.3, 0.4) is 0 Å². The van der Waals surface area contributed by atoms with Gasteiger partial charge in [-0.2, -0.15) is 0 Å². The third kappa shape index (κ3) is 3.07. The van der Waals surface area contributed by atoms with E-state index in [1.807, 2.05) is 18.7 Å². The molecule has 1 aromatic rings. The van der Waals surface area contributed by atoms with E-state index >= 15 is 0 Å². The van der Waals surface area contributed by atoms with E-state index in [4.69, 9.17) is 9.15 Å². The molecule has 8 heteroatoms. The highest BCUT2D eigenvalue weighted by Gasteiger charge is 2.40. The number of methoxy groups -OCH3 is 1. The molecular formula is C12H21N5O3. The second-order valence-corrected chi connectivity index (χ2v) is 5.11. The Kier molecular flexibility index (Phi) is 4.56. The number of carbonyl (C=O) groups excluding carboxylic acids is 1. The molecule has 2 heterocycles. The molecule has 0 spiro atoms. The zero-order chi connectivity index (χ0) is 14.6. The summed E-state index contributed by atoms with van der Waals surface area (Å²) >= 11 is 0. The van der Waals surface area contributed by atoms with Crippen LogP contribution < -0.4 is 15.5 Å². The normalized spacial score (nSPS) is 18.1. The second-order valence-electron chi connectivity index (χ2n) is 5.11. The Morgan fingerprint density at radius 3 is 3.05 bits per heavy atom. The molecule has 0 unspecified atom stereocenters. The van der Waals surface area contributed by atoms with Crippen molar-refractivity contribution in [3.05, 3.63) is 5.89 Å². The quantitative estimate of drug-likeness (QED) is 0.681. The molecule has 1 saturated heterocycles. The van der Waals surface area contributed by atoms with Crippen molar-refractivity contribution >= 4 is 11.9 Å². The topological polar surface area (TPSA) is 92.5 Å². The number of nitrogens with zero attached hydrogens (tertiary/aromatic N) is 3. The molecule has 1 aliphatic rings. The maximum Gasteiger partial charge on any atom is 0.319 e. The number of carbonyl (C=O) groups is 1. The lowest BCUT2D eigenvalue weighted by molar-refractivity contribution is -0.126. The van der Waals surface area contributed by atoms with Crippen LogP contribution in [0.5, 0.6) is 0 Å². The Labute approximate surface area is 117 Å². The van der Waals surface area contributed by atoms with Crippen LogP contribution >= 0.6 is 0 Å². The summed E-state index contributed by atoms with van der Waals surface area (Å²) in [5, 5.41) is 14.0. The van der Waals surface area contributed by atoms with Gasteiger partial charge in [0.2, 0.25) is 11.8 Å². The Hall–Kier alpha value is -1.67. The summed E-state index contributed by atoms with van der Waals surface area (Å²) in [4.78, 5) is 13.7. The fourth-order valence-corrected chi connectivity index (χ4v) is 2.03. The summed E-state index contributed by atoms with van der Waals surface area (Å²) in [5.41, 5.74) is -0.689. The van der Waals surface area contributed by atoms with Crippen molar-refractivity contribution < 1.29 is 13.9 Å². The third-order valence-corrected chi connectivity index (χ3v) is 3.30. The van der Waals surface area contributed by atoms with Crippen molar-refractivity contribution in [3.63, 3.8) is 0 Å². The van der Waals surface area contributed by atoms with Crippen LogP contribution in [0.15, 0.2) is 4.42 Å². The van der Waals surface area contributed by atoms with Gasteiger partial charge in [0.25, 0.3) is 0 Å². The van der Waals surface area contributed by atoms with Gasteiger partial charge >= 0.3 is 6.01 Å². The van der Waals surface area contributed by atoms with E-state index in [1.54, 1.807) is 7.11 Å². The minimum Gasteiger partial charge on any atom is -0.407 e. The number of rotatable bonds is 6. The first kappa shape index (κ1) is 14.7. The van der Waals surface area contributed by atoms with Gasteiger partial charge in [0.1, 0.15) is 5.54 Å². The van der Waals surface area contributed by atoms with Crippen LogP contribution in [0.25, 0.3) is 0 Å². The molecule has 8 nitrogen and oxygen atoms in total. The van der Waals surface area contributed by atoms with Gasteiger partial charge in [-0.15, -0.1) is 5.10 Å². The lowest BCUT2D eigenvalue weighted by atomic mass is 10.00. The molecular weight excluding hydrogens is 262 g/mol. The molecule has 112 valence electrons. The molecule has 0 aliphatic carbocycles. The molecule has 2 rings (SSSR count). The number of aromatic nitrogens is 2. The standard InChI is InChI=1S/C12H21N5O3/c1-12(2)10(18)14-4-6-17(12)11-16-15-9(20-11)8-13-5-7-19-3/h13H,4-8H2,1-3H3,(H,14,18). The summed E-state index contributed by atoms with van der Waals surface area (Å²) in [5.74, 6) is 0.458. The zero-order valence-corrected chi connectivity index (χ0v) is 12.1. The van der Waals surface area contributed by atoms with Gasteiger partial charge in [0.15, 0.2) is 0 Å². The molecule has 1 amide bonds. The minimum absolute atomic E-state index is 0.0401. The molecule has 1 aromatic heterocycles. The molecule has 1 aliphatic heterocycles. The van der Waals surface area contributed by atoms with Crippen molar-refractivity contribution in [2.75, 3.05) is 38.3 Å². The van der Waals surface area contributed by atoms with E-state index in [1.165, 1.54) is 0 Å². The van der Waals surface area contributed by atoms with Crippen LogP contribution in [0.4, 0.5) is 6.01 Å². The second kappa shape index (κ2) is 6.19. The Morgan fingerprint density at radius 2 is 2.30 bits per heavy atom. The number of anilines is 1. The highest BCUT2D eigenvalue weighted by molar-refractivity contribution is 5.89. The maximum atomic E-state index is 11.9. The Balaban J connectivity index is 1.99.